The maximum atomic E-state index is 12.2. The summed E-state index contributed by atoms with van der Waals surface area (Å²) in [6.45, 7) is 2.69. The molecular weight excluding hydrogens is 308 g/mol. The number of aliphatic hydroxyl groups is 1. The van der Waals surface area contributed by atoms with Crippen LogP contribution in [0.25, 0.3) is 10.7 Å². The van der Waals surface area contributed by atoms with Gasteiger partial charge in [-0.15, -0.1) is 11.3 Å². The fourth-order valence-corrected chi connectivity index (χ4v) is 3.91. The number of aryl methyl sites for hydroxylation is 1. The molecule has 3 rings (SSSR count). The number of rotatable bonds is 3. The Morgan fingerprint density at radius 2 is 2.48 bits per heavy atom. The van der Waals surface area contributed by atoms with Crippen LogP contribution in [0.2, 0.25) is 0 Å². The summed E-state index contributed by atoms with van der Waals surface area (Å²) in [4.78, 5) is 19.3. The maximum Gasteiger partial charge on any atom is 0.324 e. The average molecular weight is 324 g/mol. The molecule has 1 aliphatic heterocycles. The van der Waals surface area contributed by atoms with Crippen LogP contribution in [0.3, 0.4) is 0 Å². The lowest BCUT2D eigenvalue weighted by Crippen LogP contribution is -2.40. The third kappa shape index (κ3) is 2.92. The highest BCUT2D eigenvalue weighted by Gasteiger charge is 2.28. The number of hydrogen-bond acceptors (Lipinski definition) is 6. The van der Waals surface area contributed by atoms with Gasteiger partial charge >= 0.3 is 6.03 Å². The summed E-state index contributed by atoms with van der Waals surface area (Å²) in [5, 5.41) is 14.5. The van der Waals surface area contributed by atoms with Gasteiger partial charge in [0.05, 0.1) is 17.5 Å². The van der Waals surface area contributed by atoms with E-state index in [-0.39, 0.29) is 18.7 Å². The average Bonchev–Trinajstić information content (AvgIpc) is 3.17. The van der Waals surface area contributed by atoms with Crippen molar-refractivity contribution in [1.82, 2.24) is 14.3 Å². The minimum Gasteiger partial charge on any atom is -0.394 e. The van der Waals surface area contributed by atoms with Crippen LogP contribution in [-0.2, 0) is 0 Å². The highest BCUT2D eigenvalue weighted by Crippen LogP contribution is 2.29. The summed E-state index contributed by atoms with van der Waals surface area (Å²) in [5.41, 5.74) is 1.13. The first kappa shape index (κ1) is 14.4. The number of hydrogen-bond donors (Lipinski definition) is 2. The molecule has 0 aromatic carbocycles. The summed E-state index contributed by atoms with van der Waals surface area (Å²) in [6, 6.07) is 1.73. The second-order valence-electron chi connectivity index (χ2n) is 4.96. The van der Waals surface area contributed by atoms with Crippen LogP contribution in [0.1, 0.15) is 18.4 Å². The van der Waals surface area contributed by atoms with Crippen molar-refractivity contribution in [2.24, 2.45) is 0 Å². The molecule has 1 atom stereocenters. The molecule has 2 aromatic rings. The number of carbonyl (C=O) groups is 1. The molecule has 1 fully saturated rings. The molecule has 2 N–H and O–H groups in total. The van der Waals surface area contributed by atoms with Crippen LogP contribution in [0.4, 0.5) is 9.93 Å². The predicted molar refractivity (Wildman–Crippen MR) is 83.8 cm³/mol. The Labute approximate surface area is 130 Å². The van der Waals surface area contributed by atoms with Gasteiger partial charge in [-0.2, -0.15) is 9.36 Å². The highest BCUT2D eigenvalue weighted by molar-refractivity contribution is 7.14. The molecule has 0 bridgehead atoms. The summed E-state index contributed by atoms with van der Waals surface area (Å²) >= 11 is 2.77. The monoisotopic (exact) mass is 324 g/mol. The van der Waals surface area contributed by atoms with Crippen molar-refractivity contribution in [2.75, 3.05) is 18.5 Å². The van der Waals surface area contributed by atoms with Gasteiger partial charge in [0.25, 0.3) is 0 Å². The van der Waals surface area contributed by atoms with Crippen LogP contribution in [0.5, 0.6) is 0 Å². The Kier molecular flexibility index (Phi) is 4.18. The molecule has 1 aliphatic rings. The zero-order chi connectivity index (χ0) is 14.8. The lowest BCUT2D eigenvalue weighted by Gasteiger charge is -2.22. The van der Waals surface area contributed by atoms with Gasteiger partial charge in [0.2, 0.25) is 5.13 Å². The SMILES string of the molecule is Cc1ccsc1-c1nsc(NC(=O)N2CCC[C@@H]2CO)n1. The van der Waals surface area contributed by atoms with Crippen molar-refractivity contribution in [2.45, 2.75) is 25.8 Å². The summed E-state index contributed by atoms with van der Waals surface area (Å²) in [5.74, 6) is 0.655. The number of carbonyl (C=O) groups excluding carboxylic acids is 1. The molecule has 0 saturated carbocycles. The Bertz CT molecular complexity index is 640. The van der Waals surface area contributed by atoms with Gasteiger partial charge in [0.1, 0.15) is 0 Å². The third-order valence-corrected chi connectivity index (χ3v) is 5.20. The van der Waals surface area contributed by atoms with Crippen molar-refractivity contribution in [3.8, 4) is 10.7 Å². The maximum absolute atomic E-state index is 12.2. The van der Waals surface area contributed by atoms with Gasteiger partial charge in [-0.25, -0.2) is 4.79 Å². The standard InChI is InChI=1S/C13H16N4O2S2/c1-8-4-6-20-10(8)11-14-12(21-16-11)15-13(19)17-5-2-3-9(17)7-18/h4,6,9,18H,2-3,5,7H2,1H3,(H,14,15,16,19)/t9-/m1/s1. The lowest BCUT2D eigenvalue weighted by atomic mass is 10.2. The van der Waals surface area contributed by atoms with E-state index in [1.807, 2.05) is 18.4 Å². The summed E-state index contributed by atoms with van der Waals surface area (Å²) in [6.07, 6.45) is 1.77. The number of likely N-dealkylation sites (tertiary alicyclic amines) is 1. The van der Waals surface area contributed by atoms with Gasteiger partial charge in [0.15, 0.2) is 5.82 Å². The number of aliphatic hydroxyl groups excluding tert-OH is 1. The summed E-state index contributed by atoms with van der Waals surface area (Å²) in [7, 11) is 0. The van der Waals surface area contributed by atoms with Gasteiger partial charge in [-0.3, -0.25) is 5.32 Å². The van der Waals surface area contributed by atoms with Crippen molar-refractivity contribution < 1.29 is 9.90 Å². The number of thiophene rings is 1. The van der Waals surface area contributed by atoms with E-state index < -0.39 is 0 Å². The van der Waals surface area contributed by atoms with Crippen LogP contribution >= 0.6 is 22.9 Å². The number of nitrogens with zero attached hydrogens (tertiary/aromatic N) is 3. The van der Waals surface area contributed by atoms with Crippen molar-refractivity contribution in [3.63, 3.8) is 0 Å². The molecule has 6 nitrogen and oxygen atoms in total. The van der Waals surface area contributed by atoms with Gasteiger partial charge in [-0.05, 0) is 36.8 Å². The first-order chi connectivity index (χ1) is 10.2. The molecule has 112 valence electrons. The Balaban J connectivity index is 1.70. The largest absolute Gasteiger partial charge is 0.394 e. The lowest BCUT2D eigenvalue weighted by molar-refractivity contribution is 0.166. The quantitative estimate of drug-likeness (QED) is 0.909. The number of aromatic nitrogens is 2. The zero-order valence-corrected chi connectivity index (χ0v) is 13.2. The van der Waals surface area contributed by atoms with E-state index in [0.29, 0.717) is 17.5 Å². The molecular formula is C13H16N4O2S2. The van der Waals surface area contributed by atoms with Crippen molar-refractivity contribution in [3.05, 3.63) is 17.0 Å². The smallest absolute Gasteiger partial charge is 0.324 e. The third-order valence-electron chi connectivity index (χ3n) is 3.55. The highest BCUT2D eigenvalue weighted by atomic mass is 32.1. The van der Waals surface area contributed by atoms with Crippen LogP contribution < -0.4 is 5.32 Å². The minimum atomic E-state index is -0.211. The van der Waals surface area contributed by atoms with Crippen LogP contribution in [0, 0.1) is 6.92 Å². The fourth-order valence-electron chi connectivity index (χ4n) is 2.42. The Morgan fingerprint density at radius 1 is 1.62 bits per heavy atom. The molecule has 2 aromatic heterocycles. The van der Waals surface area contributed by atoms with Crippen molar-refractivity contribution in [1.29, 1.82) is 0 Å². The van der Waals surface area contributed by atoms with Crippen LogP contribution in [-0.4, -0.2) is 44.6 Å². The first-order valence-corrected chi connectivity index (χ1v) is 8.41. The molecule has 8 heteroatoms. The van der Waals surface area contributed by atoms with Crippen LogP contribution in [0.15, 0.2) is 11.4 Å². The van der Waals surface area contributed by atoms with E-state index in [1.165, 1.54) is 11.5 Å². The van der Waals surface area contributed by atoms with E-state index in [4.69, 9.17) is 0 Å². The molecule has 2 amide bonds. The second kappa shape index (κ2) is 6.08. The molecule has 0 radical (unpaired) electrons. The Hall–Kier alpha value is -1.51. The first-order valence-electron chi connectivity index (χ1n) is 6.75. The number of amides is 2. The van der Waals surface area contributed by atoms with E-state index in [9.17, 15) is 9.90 Å². The second-order valence-corrected chi connectivity index (χ2v) is 6.63. The van der Waals surface area contributed by atoms with E-state index in [0.717, 1.165) is 23.3 Å². The number of urea groups is 1. The van der Waals surface area contributed by atoms with E-state index in [1.54, 1.807) is 16.2 Å². The molecule has 0 unspecified atom stereocenters. The van der Waals surface area contributed by atoms with E-state index >= 15 is 0 Å². The molecule has 1 saturated heterocycles. The number of nitrogens with one attached hydrogen (secondary N) is 1. The van der Waals surface area contributed by atoms with E-state index in [2.05, 4.69) is 14.7 Å². The fraction of sp³-hybridized carbons (Fsp3) is 0.462. The normalized spacial score (nSPS) is 18.2. The van der Waals surface area contributed by atoms with Crippen molar-refractivity contribution >= 4 is 34.0 Å². The number of anilines is 1. The molecule has 21 heavy (non-hydrogen) atoms. The molecule has 0 aliphatic carbocycles. The topological polar surface area (TPSA) is 78.4 Å². The van der Waals surface area contributed by atoms with Gasteiger partial charge < -0.3 is 10.0 Å². The van der Waals surface area contributed by atoms with Gasteiger partial charge in [0, 0.05) is 18.1 Å². The zero-order valence-electron chi connectivity index (χ0n) is 11.6. The minimum absolute atomic E-state index is 0.00315. The predicted octanol–water partition coefficient (Wildman–Crippen LogP) is 2.56. The molecule has 0 spiro atoms. The summed E-state index contributed by atoms with van der Waals surface area (Å²) < 4.78 is 4.30. The Morgan fingerprint density at radius 3 is 3.19 bits per heavy atom. The van der Waals surface area contributed by atoms with Gasteiger partial charge in [-0.1, -0.05) is 0 Å². The molecule has 3 heterocycles.